The number of hydrogen-bond donors (Lipinski definition) is 0. The first kappa shape index (κ1) is 22.0. The Bertz CT molecular complexity index is 1150. The molecule has 5 nitrogen and oxygen atoms in total. The van der Waals surface area contributed by atoms with Gasteiger partial charge in [0.2, 0.25) is 0 Å². The molecule has 0 spiro atoms. The number of sulfonamides is 1. The Morgan fingerprint density at radius 1 is 1.07 bits per heavy atom. The van der Waals surface area contributed by atoms with Crippen molar-refractivity contribution >= 4 is 33.1 Å². The van der Waals surface area contributed by atoms with Gasteiger partial charge in [-0.15, -0.1) is 0 Å². The van der Waals surface area contributed by atoms with Gasteiger partial charge in [0, 0.05) is 34.6 Å². The number of carbonyl (C=O) groups is 1. The number of nitrogens with zero attached hydrogens (tertiary/aromatic N) is 2. The summed E-state index contributed by atoms with van der Waals surface area (Å²) in [7, 11) is -3.86. The average Bonchev–Trinajstić information content (AvgIpc) is 2.74. The van der Waals surface area contributed by atoms with Gasteiger partial charge in [0.15, 0.2) is 5.78 Å². The molecule has 7 heteroatoms. The standard InChI is InChI=1S/C23H23ClN2O3S/c1-3-4-14-26(30(28,29)20-8-6-5-7-9-20)22-11-10-19(24)16-21(22)23(27)18-12-13-25-17(2)15-18/h5-13,15-16H,3-4,14H2,1-2H3. The Morgan fingerprint density at radius 3 is 2.47 bits per heavy atom. The summed E-state index contributed by atoms with van der Waals surface area (Å²) in [5.74, 6) is -0.303. The molecule has 0 radical (unpaired) electrons. The normalized spacial score (nSPS) is 11.3. The highest BCUT2D eigenvalue weighted by atomic mass is 35.5. The maximum atomic E-state index is 13.5. The second kappa shape index (κ2) is 9.41. The Labute approximate surface area is 182 Å². The van der Waals surface area contributed by atoms with Crippen molar-refractivity contribution in [1.29, 1.82) is 0 Å². The van der Waals surface area contributed by atoms with Gasteiger partial charge >= 0.3 is 0 Å². The Kier molecular flexibility index (Phi) is 6.90. The molecule has 0 saturated heterocycles. The first-order chi connectivity index (χ1) is 14.3. The van der Waals surface area contributed by atoms with Gasteiger partial charge in [0.25, 0.3) is 10.0 Å². The van der Waals surface area contributed by atoms with E-state index in [1.807, 2.05) is 6.92 Å². The fourth-order valence-corrected chi connectivity index (χ4v) is 4.86. The van der Waals surface area contributed by atoms with Gasteiger partial charge in [-0.1, -0.05) is 43.1 Å². The molecule has 0 unspecified atom stereocenters. The van der Waals surface area contributed by atoms with Gasteiger partial charge in [0.1, 0.15) is 0 Å². The zero-order valence-corrected chi connectivity index (χ0v) is 18.4. The van der Waals surface area contributed by atoms with Crippen molar-refractivity contribution in [1.82, 2.24) is 4.98 Å². The number of aryl methyl sites for hydroxylation is 1. The van der Waals surface area contributed by atoms with Crippen molar-refractivity contribution in [2.75, 3.05) is 10.8 Å². The van der Waals surface area contributed by atoms with Crippen LogP contribution in [0.4, 0.5) is 5.69 Å². The molecule has 2 aromatic carbocycles. The van der Waals surface area contributed by atoms with Crippen LogP contribution in [-0.4, -0.2) is 25.7 Å². The predicted octanol–water partition coefficient (Wildman–Crippen LogP) is 5.27. The van der Waals surface area contributed by atoms with Crippen LogP contribution >= 0.6 is 11.6 Å². The van der Waals surface area contributed by atoms with Gasteiger partial charge in [-0.2, -0.15) is 0 Å². The van der Waals surface area contributed by atoms with Crippen LogP contribution in [0, 0.1) is 6.92 Å². The lowest BCUT2D eigenvalue weighted by molar-refractivity contribution is 0.103. The van der Waals surface area contributed by atoms with Gasteiger partial charge in [-0.05, 0) is 55.8 Å². The van der Waals surface area contributed by atoms with Crippen LogP contribution in [0.5, 0.6) is 0 Å². The summed E-state index contributed by atoms with van der Waals surface area (Å²) in [6, 6.07) is 16.2. The number of rotatable bonds is 8. The molecule has 0 amide bonds. The maximum absolute atomic E-state index is 13.5. The fraction of sp³-hybridized carbons (Fsp3) is 0.217. The van der Waals surface area contributed by atoms with Gasteiger partial charge in [0.05, 0.1) is 10.6 Å². The second-order valence-electron chi connectivity index (χ2n) is 6.92. The lowest BCUT2D eigenvalue weighted by Crippen LogP contribution is -2.33. The lowest BCUT2D eigenvalue weighted by atomic mass is 10.0. The number of aromatic nitrogens is 1. The number of hydrogen-bond acceptors (Lipinski definition) is 4. The second-order valence-corrected chi connectivity index (χ2v) is 9.22. The van der Waals surface area contributed by atoms with Crippen LogP contribution in [0.25, 0.3) is 0 Å². The molecule has 1 heterocycles. The number of pyridine rings is 1. The van der Waals surface area contributed by atoms with E-state index in [1.54, 1.807) is 67.7 Å². The molecule has 30 heavy (non-hydrogen) atoms. The summed E-state index contributed by atoms with van der Waals surface area (Å²) in [6.07, 6.45) is 3.01. The largest absolute Gasteiger partial charge is 0.289 e. The average molecular weight is 443 g/mol. The predicted molar refractivity (Wildman–Crippen MR) is 120 cm³/mol. The Morgan fingerprint density at radius 2 is 1.80 bits per heavy atom. The number of halogens is 1. The first-order valence-electron chi connectivity index (χ1n) is 9.69. The van der Waals surface area contributed by atoms with Gasteiger partial charge in [-0.25, -0.2) is 8.42 Å². The lowest BCUT2D eigenvalue weighted by Gasteiger charge is -2.26. The van der Waals surface area contributed by atoms with Crippen LogP contribution in [0.1, 0.15) is 41.4 Å². The van der Waals surface area contributed by atoms with Crippen molar-refractivity contribution in [3.63, 3.8) is 0 Å². The van der Waals surface area contributed by atoms with E-state index in [0.717, 1.165) is 6.42 Å². The third-order valence-electron chi connectivity index (χ3n) is 4.68. The molecule has 0 aliphatic rings. The molecule has 0 aliphatic heterocycles. The highest BCUT2D eigenvalue weighted by molar-refractivity contribution is 7.92. The Balaban J connectivity index is 2.16. The van der Waals surface area contributed by atoms with E-state index in [9.17, 15) is 13.2 Å². The summed E-state index contributed by atoms with van der Waals surface area (Å²) in [5, 5.41) is 0.362. The summed E-state index contributed by atoms with van der Waals surface area (Å²) >= 11 is 6.19. The molecular weight excluding hydrogens is 420 g/mol. The van der Waals surface area contributed by atoms with E-state index >= 15 is 0 Å². The molecule has 0 fully saturated rings. The number of anilines is 1. The molecule has 3 aromatic rings. The number of carbonyl (C=O) groups excluding carboxylic acids is 1. The van der Waals surface area contributed by atoms with E-state index in [0.29, 0.717) is 28.4 Å². The molecule has 0 atom stereocenters. The van der Waals surface area contributed by atoms with Crippen LogP contribution in [0.2, 0.25) is 5.02 Å². The van der Waals surface area contributed by atoms with E-state index in [2.05, 4.69) is 4.98 Å². The van der Waals surface area contributed by atoms with Crippen LogP contribution in [0.3, 0.4) is 0 Å². The monoisotopic (exact) mass is 442 g/mol. The SMILES string of the molecule is CCCCN(c1ccc(Cl)cc1C(=O)c1ccnc(C)c1)S(=O)(=O)c1ccccc1. The van der Waals surface area contributed by atoms with E-state index in [1.165, 1.54) is 10.4 Å². The number of benzene rings is 2. The molecule has 3 rings (SSSR count). The van der Waals surface area contributed by atoms with E-state index in [4.69, 9.17) is 11.6 Å². The zero-order chi connectivity index (χ0) is 21.7. The quantitative estimate of drug-likeness (QED) is 0.445. The fourth-order valence-electron chi connectivity index (χ4n) is 3.14. The number of unbranched alkanes of at least 4 members (excludes halogenated alkanes) is 1. The molecule has 1 aromatic heterocycles. The molecule has 0 bridgehead atoms. The molecule has 0 N–H and O–H groups in total. The topological polar surface area (TPSA) is 67.3 Å². The summed E-state index contributed by atoms with van der Waals surface area (Å²) in [4.78, 5) is 17.6. The van der Waals surface area contributed by atoms with Gasteiger partial charge in [-0.3, -0.25) is 14.1 Å². The van der Waals surface area contributed by atoms with Crippen molar-refractivity contribution in [3.05, 3.63) is 88.7 Å². The molecule has 156 valence electrons. The highest BCUT2D eigenvalue weighted by Crippen LogP contribution is 2.31. The van der Waals surface area contributed by atoms with Crippen molar-refractivity contribution < 1.29 is 13.2 Å². The Hall–Kier alpha value is -2.70. The van der Waals surface area contributed by atoms with Crippen molar-refractivity contribution in [2.24, 2.45) is 0 Å². The van der Waals surface area contributed by atoms with Crippen molar-refractivity contribution in [3.8, 4) is 0 Å². The zero-order valence-electron chi connectivity index (χ0n) is 16.9. The highest BCUT2D eigenvalue weighted by Gasteiger charge is 2.28. The third kappa shape index (κ3) is 4.71. The van der Waals surface area contributed by atoms with E-state index in [-0.39, 0.29) is 22.8 Å². The van der Waals surface area contributed by atoms with Crippen LogP contribution < -0.4 is 4.31 Å². The molecular formula is C23H23ClN2O3S. The summed E-state index contributed by atoms with van der Waals surface area (Å²) in [6.45, 7) is 4.04. The smallest absolute Gasteiger partial charge is 0.264 e. The minimum absolute atomic E-state index is 0.175. The minimum atomic E-state index is -3.86. The van der Waals surface area contributed by atoms with E-state index < -0.39 is 10.0 Å². The number of ketones is 1. The maximum Gasteiger partial charge on any atom is 0.264 e. The van der Waals surface area contributed by atoms with Crippen molar-refractivity contribution in [2.45, 2.75) is 31.6 Å². The minimum Gasteiger partial charge on any atom is -0.289 e. The summed E-state index contributed by atoms with van der Waals surface area (Å²) < 4.78 is 28.2. The van der Waals surface area contributed by atoms with Gasteiger partial charge < -0.3 is 0 Å². The van der Waals surface area contributed by atoms with Crippen LogP contribution in [0.15, 0.2) is 71.8 Å². The molecule has 0 saturated carbocycles. The van der Waals surface area contributed by atoms with Crippen LogP contribution in [-0.2, 0) is 10.0 Å². The molecule has 0 aliphatic carbocycles. The first-order valence-corrected chi connectivity index (χ1v) is 11.5. The summed E-state index contributed by atoms with van der Waals surface area (Å²) in [5.41, 5.74) is 1.68. The third-order valence-corrected chi connectivity index (χ3v) is 6.74.